The van der Waals surface area contributed by atoms with Gasteiger partial charge in [0.15, 0.2) is 0 Å². The van der Waals surface area contributed by atoms with Crippen LogP contribution in [-0.4, -0.2) is 28.0 Å². The first-order valence-corrected chi connectivity index (χ1v) is 8.45. The molecule has 3 aliphatic rings. The molecule has 2 saturated carbocycles. The maximum atomic E-state index is 4.87. The van der Waals surface area contributed by atoms with E-state index in [-0.39, 0.29) is 0 Å². The molecule has 2 aliphatic carbocycles. The standard InChI is InChI=1S/C17H25N3/c1-2-4-13(5-3-1)11-20-9-8-15-10-18-17(14-6-7-14)19-16(15)12-20/h10,13-14H,1-9,11-12H2. The molecule has 0 unspecified atom stereocenters. The van der Waals surface area contributed by atoms with Crippen molar-refractivity contribution in [2.75, 3.05) is 13.1 Å². The van der Waals surface area contributed by atoms with E-state index in [9.17, 15) is 0 Å². The van der Waals surface area contributed by atoms with Crippen molar-refractivity contribution in [3.8, 4) is 0 Å². The molecule has 2 heterocycles. The number of hydrogen-bond acceptors (Lipinski definition) is 3. The van der Waals surface area contributed by atoms with Gasteiger partial charge in [-0.3, -0.25) is 4.90 Å². The van der Waals surface area contributed by atoms with E-state index >= 15 is 0 Å². The molecule has 0 bridgehead atoms. The van der Waals surface area contributed by atoms with Crippen molar-refractivity contribution in [1.29, 1.82) is 0 Å². The largest absolute Gasteiger partial charge is 0.297 e. The molecule has 3 heteroatoms. The zero-order valence-electron chi connectivity index (χ0n) is 12.4. The number of fused-ring (bicyclic) bond motifs is 1. The Morgan fingerprint density at radius 1 is 1.10 bits per heavy atom. The van der Waals surface area contributed by atoms with Gasteiger partial charge in [0.1, 0.15) is 5.82 Å². The molecule has 108 valence electrons. The highest BCUT2D eigenvalue weighted by Crippen LogP contribution is 2.38. The van der Waals surface area contributed by atoms with Crippen LogP contribution in [0.3, 0.4) is 0 Å². The monoisotopic (exact) mass is 271 g/mol. The van der Waals surface area contributed by atoms with Gasteiger partial charge in [0.2, 0.25) is 0 Å². The summed E-state index contributed by atoms with van der Waals surface area (Å²) in [6.45, 7) is 3.56. The van der Waals surface area contributed by atoms with Gasteiger partial charge in [-0.25, -0.2) is 9.97 Å². The molecule has 1 aromatic heterocycles. The van der Waals surface area contributed by atoms with Crippen LogP contribution >= 0.6 is 0 Å². The second-order valence-electron chi connectivity index (χ2n) is 6.96. The van der Waals surface area contributed by atoms with Crippen molar-refractivity contribution in [3.63, 3.8) is 0 Å². The molecular formula is C17H25N3. The Balaban J connectivity index is 1.43. The molecule has 4 rings (SSSR count). The van der Waals surface area contributed by atoms with Crippen LogP contribution < -0.4 is 0 Å². The van der Waals surface area contributed by atoms with E-state index in [1.807, 2.05) is 0 Å². The zero-order chi connectivity index (χ0) is 13.4. The molecule has 3 nitrogen and oxygen atoms in total. The van der Waals surface area contributed by atoms with Gasteiger partial charge >= 0.3 is 0 Å². The van der Waals surface area contributed by atoms with Gasteiger partial charge in [0.25, 0.3) is 0 Å². The summed E-state index contributed by atoms with van der Waals surface area (Å²) in [6.07, 6.45) is 13.1. The van der Waals surface area contributed by atoms with E-state index < -0.39 is 0 Å². The van der Waals surface area contributed by atoms with Crippen molar-refractivity contribution >= 4 is 0 Å². The lowest BCUT2D eigenvalue weighted by molar-refractivity contribution is 0.184. The van der Waals surface area contributed by atoms with Gasteiger partial charge < -0.3 is 0 Å². The Morgan fingerprint density at radius 3 is 2.75 bits per heavy atom. The third-order valence-corrected chi connectivity index (χ3v) is 5.23. The summed E-state index contributed by atoms with van der Waals surface area (Å²) in [6, 6.07) is 0. The minimum atomic E-state index is 0.675. The zero-order valence-corrected chi connectivity index (χ0v) is 12.4. The second-order valence-corrected chi connectivity index (χ2v) is 6.96. The van der Waals surface area contributed by atoms with Crippen molar-refractivity contribution in [1.82, 2.24) is 14.9 Å². The van der Waals surface area contributed by atoms with Crippen molar-refractivity contribution in [2.24, 2.45) is 5.92 Å². The summed E-state index contributed by atoms with van der Waals surface area (Å²) in [4.78, 5) is 12.1. The predicted octanol–water partition coefficient (Wildman–Crippen LogP) is 3.29. The molecule has 2 fully saturated rings. The third-order valence-electron chi connectivity index (χ3n) is 5.23. The first kappa shape index (κ1) is 12.8. The van der Waals surface area contributed by atoms with Crippen LogP contribution in [0.1, 0.15) is 67.9 Å². The molecule has 0 amide bonds. The molecule has 1 aliphatic heterocycles. The van der Waals surface area contributed by atoms with Crippen LogP contribution in [0.25, 0.3) is 0 Å². The van der Waals surface area contributed by atoms with Crippen LogP contribution in [0.15, 0.2) is 6.20 Å². The highest BCUT2D eigenvalue weighted by molar-refractivity contribution is 5.22. The van der Waals surface area contributed by atoms with Gasteiger partial charge in [-0.1, -0.05) is 19.3 Å². The Hall–Kier alpha value is -0.960. The smallest absolute Gasteiger partial charge is 0.131 e. The minimum absolute atomic E-state index is 0.675. The van der Waals surface area contributed by atoms with Gasteiger partial charge in [-0.15, -0.1) is 0 Å². The minimum Gasteiger partial charge on any atom is -0.297 e. The van der Waals surface area contributed by atoms with E-state index in [4.69, 9.17) is 4.98 Å². The van der Waals surface area contributed by atoms with Crippen LogP contribution in [0.4, 0.5) is 0 Å². The molecule has 1 aromatic rings. The van der Waals surface area contributed by atoms with Crippen LogP contribution in [-0.2, 0) is 13.0 Å². The van der Waals surface area contributed by atoms with Gasteiger partial charge in [0.05, 0.1) is 5.69 Å². The molecule has 0 saturated heterocycles. The first-order valence-electron chi connectivity index (χ1n) is 8.45. The van der Waals surface area contributed by atoms with E-state index in [0.717, 1.165) is 24.7 Å². The highest BCUT2D eigenvalue weighted by Gasteiger charge is 2.28. The quantitative estimate of drug-likeness (QED) is 0.844. The molecule has 0 atom stereocenters. The maximum Gasteiger partial charge on any atom is 0.131 e. The molecular weight excluding hydrogens is 246 g/mol. The normalized spacial score (nSPS) is 24.6. The van der Waals surface area contributed by atoms with E-state index in [2.05, 4.69) is 16.1 Å². The van der Waals surface area contributed by atoms with E-state index in [1.54, 1.807) is 0 Å². The summed E-state index contributed by atoms with van der Waals surface area (Å²) in [7, 11) is 0. The lowest BCUT2D eigenvalue weighted by atomic mass is 9.88. The second kappa shape index (κ2) is 5.44. The Bertz CT molecular complexity index is 475. The fourth-order valence-electron chi connectivity index (χ4n) is 3.80. The fourth-order valence-corrected chi connectivity index (χ4v) is 3.80. The average Bonchev–Trinajstić information content (AvgIpc) is 3.32. The van der Waals surface area contributed by atoms with Crippen molar-refractivity contribution < 1.29 is 0 Å². The topological polar surface area (TPSA) is 29.0 Å². The Morgan fingerprint density at radius 2 is 1.95 bits per heavy atom. The lowest BCUT2D eigenvalue weighted by Gasteiger charge is -2.32. The van der Waals surface area contributed by atoms with E-state index in [0.29, 0.717) is 5.92 Å². The summed E-state index contributed by atoms with van der Waals surface area (Å²) in [5.41, 5.74) is 2.72. The first-order chi connectivity index (χ1) is 9.88. The summed E-state index contributed by atoms with van der Waals surface area (Å²) >= 11 is 0. The number of nitrogens with zero attached hydrogens (tertiary/aromatic N) is 3. The Labute approximate surface area is 121 Å². The van der Waals surface area contributed by atoms with Gasteiger partial charge in [-0.2, -0.15) is 0 Å². The molecule has 0 spiro atoms. The maximum absolute atomic E-state index is 4.87. The SMILES string of the molecule is c1nc(C2CC2)nc2c1CCN(CC1CCCCC1)C2. The third kappa shape index (κ3) is 2.73. The molecule has 0 N–H and O–H groups in total. The van der Waals surface area contributed by atoms with Crippen LogP contribution in [0, 0.1) is 5.92 Å². The van der Waals surface area contributed by atoms with Gasteiger partial charge in [0, 0.05) is 31.7 Å². The van der Waals surface area contributed by atoms with Gasteiger partial charge in [-0.05, 0) is 43.6 Å². The lowest BCUT2D eigenvalue weighted by Crippen LogP contribution is -2.36. The summed E-state index contributed by atoms with van der Waals surface area (Å²) in [5.74, 6) is 2.73. The molecule has 20 heavy (non-hydrogen) atoms. The van der Waals surface area contributed by atoms with E-state index in [1.165, 1.54) is 69.3 Å². The Kier molecular flexibility index (Phi) is 3.47. The highest BCUT2D eigenvalue weighted by atomic mass is 15.1. The summed E-state index contributed by atoms with van der Waals surface area (Å²) < 4.78 is 0. The number of rotatable bonds is 3. The molecule has 0 radical (unpaired) electrons. The summed E-state index contributed by atoms with van der Waals surface area (Å²) in [5, 5.41) is 0. The predicted molar refractivity (Wildman–Crippen MR) is 79.6 cm³/mol. The fraction of sp³-hybridized carbons (Fsp3) is 0.765. The number of aromatic nitrogens is 2. The van der Waals surface area contributed by atoms with Crippen LogP contribution in [0.5, 0.6) is 0 Å². The van der Waals surface area contributed by atoms with Crippen molar-refractivity contribution in [3.05, 3.63) is 23.3 Å². The average molecular weight is 271 g/mol. The molecule has 0 aromatic carbocycles. The van der Waals surface area contributed by atoms with Crippen LogP contribution in [0.2, 0.25) is 0 Å². The van der Waals surface area contributed by atoms with Crippen molar-refractivity contribution in [2.45, 2.75) is 63.8 Å². The number of hydrogen-bond donors (Lipinski definition) is 0.